The van der Waals surface area contributed by atoms with Crippen LogP contribution in [0.15, 0.2) is 38.6 Å². The number of nitrogens with two attached hydrogens (primary N) is 1. The minimum absolute atomic E-state index is 0.215. The normalized spacial score (nSPS) is 16.0. The van der Waals surface area contributed by atoms with Crippen molar-refractivity contribution in [1.29, 1.82) is 0 Å². The van der Waals surface area contributed by atoms with E-state index in [1.54, 1.807) is 11.3 Å². The van der Waals surface area contributed by atoms with E-state index < -0.39 is 0 Å². The van der Waals surface area contributed by atoms with Crippen LogP contribution in [0.4, 0.5) is 11.4 Å². The molecule has 6 heteroatoms. The molecule has 0 saturated carbocycles. The number of nitrogens with zero attached hydrogens (tertiary/aromatic N) is 2. The van der Waals surface area contributed by atoms with Crippen molar-refractivity contribution in [2.24, 2.45) is 5.73 Å². The van der Waals surface area contributed by atoms with E-state index in [9.17, 15) is 0 Å². The summed E-state index contributed by atoms with van der Waals surface area (Å²) in [4.78, 5) is 6.02. The van der Waals surface area contributed by atoms with Crippen LogP contribution in [0.2, 0.25) is 0 Å². The Morgan fingerprint density at radius 1 is 1.24 bits per heavy atom. The molecule has 2 heterocycles. The van der Waals surface area contributed by atoms with Gasteiger partial charge in [-0.15, -0.1) is 11.3 Å². The lowest BCUT2D eigenvalue weighted by atomic mass is 10.1. The van der Waals surface area contributed by atoms with E-state index in [1.165, 1.54) is 16.3 Å². The maximum absolute atomic E-state index is 6.11. The van der Waals surface area contributed by atoms with Crippen LogP contribution in [-0.2, 0) is 0 Å². The number of hydrogen-bond donors (Lipinski definition) is 1. The molecule has 0 saturated heterocycles. The molecule has 1 aliphatic rings. The summed E-state index contributed by atoms with van der Waals surface area (Å²) >= 11 is 8.91. The Morgan fingerprint density at radius 2 is 1.95 bits per heavy atom. The molecule has 1 aliphatic heterocycles. The predicted octanol–water partition coefficient (Wildman–Crippen LogP) is 4.23. The Hall–Kier alpha value is -0.560. The Kier molecular flexibility index (Phi) is 4.59. The van der Waals surface area contributed by atoms with Crippen LogP contribution >= 0.6 is 43.2 Å². The fourth-order valence-corrected chi connectivity index (χ4v) is 4.99. The molecule has 1 aromatic carbocycles. The number of halogens is 2. The van der Waals surface area contributed by atoms with Gasteiger partial charge in [0.2, 0.25) is 0 Å². The Labute approximate surface area is 146 Å². The van der Waals surface area contributed by atoms with Gasteiger partial charge in [-0.05, 0) is 50.1 Å². The standard InChI is InChI=1S/C15H17Br2N3S/c1-19-6-7-20(12-5-3-2-4-11(12)19)13(9-18)14-8-10(16)15(17)21-14/h2-5,8,13H,6-7,9,18H2,1H3. The molecule has 3 nitrogen and oxygen atoms in total. The van der Waals surface area contributed by atoms with Crippen LogP contribution in [0.1, 0.15) is 10.9 Å². The monoisotopic (exact) mass is 429 g/mol. The van der Waals surface area contributed by atoms with Crippen LogP contribution in [0, 0.1) is 0 Å². The Bertz CT molecular complexity index is 624. The van der Waals surface area contributed by atoms with Crippen molar-refractivity contribution in [3.8, 4) is 0 Å². The first-order chi connectivity index (χ1) is 10.1. The van der Waals surface area contributed by atoms with Crippen molar-refractivity contribution < 1.29 is 0 Å². The summed E-state index contributed by atoms with van der Waals surface area (Å²) in [5.41, 5.74) is 8.65. The van der Waals surface area contributed by atoms with Crippen molar-refractivity contribution in [3.05, 3.63) is 43.5 Å². The smallest absolute Gasteiger partial charge is 0.0844 e. The Balaban J connectivity index is 2.00. The minimum atomic E-state index is 0.215. The van der Waals surface area contributed by atoms with Crippen LogP contribution in [0.3, 0.4) is 0 Å². The number of rotatable bonds is 3. The quantitative estimate of drug-likeness (QED) is 0.790. The molecule has 0 spiro atoms. The van der Waals surface area contributed by atoms with Crippen LogP contribution in [0.5, 0.6) is 0 Å². The first kappa shape index (κ1) is 15.3. The van der Waals surface area contributed by atoms with Gasteiger partial charge < -0.3 is 15.5 Å². The van der Waals surface area contributed by atoms with Gasteiger partial charge in [-0.3, -0.25) is 0 Å². The molecule has 2 N–H and O–H groups in total. The lowest BCUT2D eigenvalue weighted by Gasteiger charge is -2.41. The molecule has 112 valence electrons. The zero-order valence-electron chi connectivity index (χ0n) is 11.7. The number of fused-ring (bicyclic) bond motifs is 1. The van der Waals surface area contributed by atoms with E-state index in [1.807, 2.05) is 0 Å². The topological polar surface area (TPSA) is 32.5 Å². The molecule has 0 aliphatic carbocycles. The van der Waals surface area contributed by atoms with Gasteiger partial charge in [0, 0.05) is 36.0 Å². The van der Waals surface area contributed by atoms with E-state index >= 15 is 0 Å². The molecular weight excluding hydrogens is 414 g/mol. The molecule has 2 aromatic rings. The van der Waals surface area contributed by atoms with Gasteiger partial charge in [0.05, 0.1) is 21.2 Å². The lowest BCUT2D eigenvalue weighted by Crippen LogP contribution is -2.43. The van der Waals surface area contributed by atoms with Gasteiger partial charge in [0.15, 0.2) is 0 Å². The summed E-state index contributed by atoms with van der Waals surface area (Å²) in [7, 11) is 2.14. The summed E-state index contributed by atoms with van der Waals surface area (Å²) in [5, 5.41) is 0. The molecule has 0 fully saturated rings. The number of benzene rings is 1. The van der Waals surface area contributed by atoms with Crippen molar-refractivity contribution in [2.45, 2.75) is 6.04 Å². The fourth-order valence-electron chi connectivity index (χ4n) is 2.78. The van der Waals surface area contributed by atoms with Crippen molar-refractivity contribution in [1.82, 2.24) is 0 Å². The lowest BCUT2D eigenvalue weighted by molar-refractivity contribution is 0.618. The number of para-hydroxylation sites is 2. The highest BCUT2D eigenvalue weighted by molar-refractivity contribution is 9.13. The second kappa shape index (κ2) is 6.28. The van der Waals surface area contributed by atoms with Gasteiger partial charge in [0.1, 0.15) is 0 Å². The highest BCUT2D eigenvalue weighted by Gasteiger charge is 2.27. The van der Waals surface area contributed by atoms with E-state index in [0.717, 1.165) is 21.3 Å². The molecule has 21 heavy (non-hydrogen) atoms. The average molecular weight is 431 g/mol. The van der Waals surface area contributed by atoms with Gasteiger partial charge >= 0.3 is 0 Å². The zero-order chi connectivity index (χ0) is 15.0. The van der Waals surface area contributed by atoms with Crippen LogP contribution < -0.4 is 15.5 Å². The number of hydrogen-bond acceptors (Lipinski definition) is 4. The maximum Gasteiger partial charge on any atom is 0.0844 e. The van der Waals surface area contributed by atoms with Crippen molar-refractivity contribution >= 4 is 54.6 Å². The van der Waals surface area contributed by atoms with E-state index in [4.69, 9.17) is 5.73 Å². The molecule has 1 atom stereocenters. The van der Waals surface area contributed by atoms with Gasteiger partial charge in [0.25, 0.3) is 0 Å². The van der Waals surface area contributed by atoms with Gasteiger partial charge in [-0.2, -0.15) is 0 Å². The van der Waals surface area contributed by atoms with Crippen LogP contribution in [-0.4, -0.2) is 26.7 Å². The molecule has 1 unspecified atom stereocenters. The maximum atomic E-state index is 6.11. The highest BCUT2D eigenvalue weighted by Crippen LogP contribution is 2.41. The molecule has 1 aromatic heterocycles. The molecule has 0 radical (unpaired) electrons. The summed E-state index contributed by atoms with van der Waals surface area (Å²) in [6, 6.07) is 10.9. The summed E-state index contributed by atoms with van der Waals surface area (Å²) in [6.07, 6.45) is 0. The van der Waals surface area contributed by atoms with Crippen molar-refractivity contribution in [3.63, 3.8) is 0 Å². The summed E-state index contributed by atoms with van der Waals surface area (Å²) in [5.74, 6) is 0. The SMILES string of the molecule is CN1CCN(C(CN)c2cc(Br)c(Br)s2)c2ccccc21. The van der Waals surface area contributed by atoms with E-state index in [-0.39, 0.29) is 6.04 Å². The highest BCUT2D eigenvalue weighted by atomic mass is 79.9. The van der Waals surface area contributed by atoms with Crippen LogP contribution in [0.25, 0.3) is 0 Å². The second-order valence-electron chi connectivity index (χ2n) is 5.13. The summed E-state index contributed by atoms with van der Waals surface area (Å²) in [6.45, 7) is 2.61. The molecular formula is C15H17Br2N3S. The summed E-state index contributed by atoms with van der Waals surface area (Å²) < 4.78 is 2.22. The van der Waals surface area contributed by atoms with E-state index in [0.29, 0.717) is 6.54 Å². The minimum Gasteiger partial charge on any atom is -0.371 e. The third-order valence-electron chi connectivity index (χ3n) is 3.87. The molecule has 0 bridgehead atoms. The fraction of sp³-hybridized carbons (Fsp3) is 0.333. The third kappa shape index (κ3) is 2.86. The van der Waals surface area contributed by atoms with Gasteiger partial charge in [-0.1, -0.05) is 12.1 Å². The second-order valence-corrected chi connectivity index (χ2v) is 8.38. The number of thiophene rings is 1. The number of likely N-dealkylation sites (N-methyl/N-ethyl adjacent to an activating group) is 1. The molecule has 0 amide bonds. The Morgan fingerprint density at radius 3 is 2.57 bits per heavy atom. The molecule has 3 rings (SSSR count). The average Bonchev–Trinajstić information content (AvgIpc) is 2.82. The first-order valence-corrected chi connectivity index (χ1v) is 9.23. The zero-order valence-corrected chi connectivity index (χ0v) is 15.7. The first-order valence-electron chi connectivity index (χ1n) is 6.83. The third-order valence-corrected chi connectivity index (χ3v) is 7.23. The van der Waals surface area contributed by atoms with Crippen molar-refractivity contribution in [2.75, 3.05) is 36.5 Å². The largest absolute Gasteiger partial charge is 0.371 e. The number of anilines is 2. The van der Waals surface area contributed by atoms with Gasteiger partial charge in [-0.25, -0.2) is 0 Å². The predicted molar refractivity (Wildman–Crippen MR) is 98.6 cm³/mol. The van der Waals surface area contributed by atoms with E-state index in [2.05, 4.69) is 79.0 Å².